The second-order valence-corrected chi connectivity index (χ2v) is 12.1. The molecule has 0 fully saturated rings. The minimum absolute atomic E-state index is 0.0440. The average molecular weight is 782 g/mol. The molecule has 4 aromatic carbocycles. The molecule has 6 aromatic rings. The number of carbonyl (C=O) groups excluding carboxylic acids is 3. The Kier molecular flexibility index (Phi) is 20.6. The molecule has 2 aromatic heterocycles. The Morgan fingerprint density at radius 3 is 1.21 bits per heavy atom. The molecule has 0 radical (unpaired) electrons. The van der Waals surface area contributed by atoms with Crippen LogP contribution in [0.5, 0.6) is 0 Å². The van der Waals surface area contributed by atoms with Crippen LogP contribution in [0.15, 0.2) is 146 Å². The molecule has 1 amide bonds. The molecule has 11 heteroatoms. The number of hydrogen-bond donors (Lipinski definition) is 1. The lowest BCUT2D eigenvalue weighted by molar-refractivity contribution is -0.140. The zero-order valence-corrected chi connectivity index (χ0v) is 34.4. The predicted molar refractivity (Wildman–Crippen MR) is 234 cm³/mol. The van der Waals surface area contributed by atoms with Crippen LogP contribution in [0.2, 0.25) is 0 Å². The van der Waals surface area contributed by atoms with E-state index in [1.54, 1.807) is 24.8 Å². The average Bonchev–Trinajstić information content (AvgIpc) is 3.29. The summed E-state index contributed by atoms with van der Waals surface area (Å²) in [4.78, 5) is 56.4. The summed E-state index contributed by atoms with van der Waals surface area (Å²) in [5.74, 6) is 0.599. The Bertz CT molecular complexity index is 1960. The number of amides is 1. The number of hydrogen-bond acceptors (Lipinski definition) is 10. The standard InChI is InChI=1S/C25H28N4O3.C18H15N3O.2C2H6/c1-32-23(30)16-10-2-3-11-17-26-24(31)20-18-27-25(28-19-20)29(21-12-6-4-7-13-21)22-14-8-5-9-15-22;1-14(22)15-12-19-18(20-13-15)21(16-8-4-2-5-9-16)17-10-6-3-7-11-17;2*1-2/h4-9,12-15,18-19H,2-3,10-11,16-17H2,1H3,(H,26,31);2-13H,1H3;2*1-2H3. The molecular formula is C47H55N7O4. The van der Waals surface area contributed by atoms with Crippen molar-refractivity contribution >= 4 is 52.3 Å². The molecule has 0 bridgehead atoms. The molecule has 11 nitrogen and oxygen atoms in total. The monoisotopic (exact) mass is 781 g/mol. The van der Waals surface area contributed by atoms with Crippen molar-refractivity contribution < 1.29 is 19.1 Å². The van der Waals surface area contributed by atoms with Crippen molar-refractivity contribution in [2.45, 2.75) is 66.7 Å². The summed E-state index contributed by atoms with van der Waals surface area (Å²) >= 11 is 0. The fraction of sp³-hybridized carbons (Fsp3) is 0.255. The number of Topliss-reactive ketones (excluding diaryl/α,β-unsaturated/α-hetero) is 1. The number of esters is 1. The first-order valence-electron chi connectivity index (χ1n) is 19.7. The van der Waals surface area contributed by atoms with Crippen LogP contribution in [0.3, 0.4) is 0 Å². The van der Waals surface area contributed by atoms with Gasteiger partial charge in [0, 0.05) is 60.5 Å². The van der Waals surface area contributed by atoms with Crippen molar-refractivity contribution in [2.75, 3.05) is 23.5 Å². The highest BCUT2D eigenvalue weighted by Crippen LogP contribution is 2.32. The Morgan fingerprint density at radius 1 is 0.517 bits per heavy atom. The zero-order chi connectivity index (χ0) is 42.0. The molecule has 0 aliphatic heterocycles. The highest BCUT2D eigenvalue weighted by atomic mass is 16.5. The van der Waals surface area contributed by atoms with Gasteiger partial charge in [0.2, 0.25) is 11.9 Å². The van der Waals surface area contributed by atoms with Crippen LogP contribution >= 0.6 is 0 Å². The number of unbranched alkanes of at least 4 members (excludes halogenated alkanes) is 3. The lowest BCUT2D eigenvalue weighted by Crippen LogP contribution is -2.25. The summed E-state index contributed by atoms with van der Waals surface area (Å²) in [6.07, 6.45) is 10.2. The molecule has 0 saturated heterocycles. The SMILES string of the molecule is CC.CC.CC(=O)c1cnc(N(c2ccccc2)c2ccccc2)nc1.COC(=O)CCCCCCNC(=O)c1cnc(N(c2ccccc2)c2ccccc2)nc1. The summed E-state index contributed by atoms with van der Waals surface area (Å²) in [5.41, 5.74) is 4.71. The maximum absolute atomic E-state index is 12.4. The summed E-state index contributed by atoms with van der Waals surface area (Å²) in [6, 6.07) is 39.5. The van der Waals surface area contributed by atoms with Crippen LogP contribution in [0.1, 0.15) is 87.4 Å². The fourth-order valence-electron chi connectivity index (χ4n) is 5.39. The third kappa shape index (κ3) is 14.4. The summed E-state index contributed by atoms with van der Waals surface area (Å²) in [6.45, 7) is 10.1. The number of benzene rings is 4. The van der Waals surface area contributed by atoms with E-state index < -0.39 is 0 Å². The number of rotatable bonds is 15. The van der Waals surface area contributed by atoms with E-state index in [1.165, 1.54) is 14.0 Å². The van der Waals surface area contributed by atoms with Gasteiger partial charge in [-0.1, -0.05) is 113 Å². The number of aromatic nitrogens is 4. The van der Waals surface area contributed by atoms with Gasteiger partial charge < -0.3 is 10.1 Å². The van der Waals surface area contributed by atoms with E-state index in [0.717, 1.165) is 48.4 Å². The molecule has 0 aliphatic rings. The predicted octanol–water partition coefficient (Wildman–Crippen LogP) is 11.0. The van der Waals surface area contributed by atoms with E-state index in [-0.39, 0.29) is 17.7 Å². The fourth-order valence-corrected chi connectivity index (χ4v) is 5.39. The molecule has 0 spiro atoms. The van der Waals surface area contributed by atoms with Crippen LogP contribution in [0.25, 0.3) is 0 Å². The molecule has 6 rings (SSSR count). The molecule has 0 saturated carbocycles. The third-order valence-corrected chi connectivity index (χ3v) is 8.22. The number of nitrogens with zero attached hydrogens (tertiary/aromatic N) is 6. The van der Waals surface area contributed by atoms with Gasteiger partial charge in [0.25, 0.3) is 5.91 Å². The van der Waals surface area contributed by atoms with Crippen LogP contribution in [-0.2, 0) is 9.53 Å². The highest BCUT2D eigenvalue weighted by molar-refractivity contribution is 5.94. The van der Waals surface area contributed by atoms with E-state index in [0.29, 0.717) is 36.0 Å². The van der Waals surface area contributed by atoms with Gasteiger partial charge >= 0.3 is 5.97 Å². The van der Waals surface area contributed by atoms with Crippen molar-refractivity contribution in [3.8, 4) is 0 Å². The van der Waals surface area contributed by atoms with E-state index in [4.69, 9.17) is 0 Å². The molecular weight excluding hydrogens is 727 g/mol. The lowest BCUT2D eigenvalue weighted by atomic mass is 10.1. The Balaban J connectivity index is 0.000000302. The van der Waals surface area contributed by atoms with Crippen LogP contribution < -0.4 is 15.1 Å². The third-order valence-electron chi connectivity index (χ3n) is 8.22. The first-order valence-corrected chi connectivity index (χ1v) is 19.7. The number of methoxy groups -OCH3 is 1. The van der Waals surface area contributed by atoms with Crippen LogP contribution in [-0.4, -0.2) is 51.3 Å². The number of nitrogens with one attached hydrogen (secondary N) is 1. The van der Waals surface area contributed by atoms with Crippen molar-refractivity contribution in [3.63, 3.8) is 0 Å². The quantitative estimate of drug-likeness (QED) is 0.0610. The van der Waals surface area contributed by atoms with Crippen molar-refractivity contribution in [1.29, 1.82) is 0 Å². The van der Waals surface area contributed by atoms with Gasteiger partial charge in [-0.15, -0.1) is 0 Å². The molecule has 0 unspecified atom stereocenters. The number of ether oxygens (including phenoxy) is 1. The van der Waals surface area contributed by atoms with Gasteiger partial charge in [-0.3, -0.25) is 24.2 Å². The first-order chi connectivity index (χ1) is 28.4. The first kappa shape index (κ1) is 45.6. The number of para-hydroxylation sites is 4. The molecule has 0 aliphatic carbocycles. The van der Waals surface area contributed by atoms with Crippen LogP contribution in [0.4, 0.5) is 34.6 Å². The number of anilines is 6. The minimum Gasteiger partial charge on any atom is -0.469 e. The smallest absolute Gasteiger partial charge is 0.305 e. The van der Waals surface area contributed by atoms with E-state index >= 15 is 0 Å². The van der Waals surface area contributed by atoms with Gasteiger partial charge in [0.05, 0.1) is 18.2 Å². The lowest BCUT2D eigenvalue weighted by Gasteiger charge is -2.22. The Labute approximate surface area is 343 Å². The maximum Gasteiger partial charge on any atom is 0.305 e. The van der Waals surface area contributed by atoms with Gasteiger partial charge in [0.1, 0.15) is 0 Å². The van der Waals surface area contributed by atoms with Gasteiger partial charge in [-0.05, 0) is 68.3 Å². The Morgan fingerprint density at radius 2 is 0.862 bits per heavy atom. The summed E-state index contributed by atoms with van der Waals surface area (Å²) < 4.78 is 4.62. The normalized spacial score (nSPS) is 9.83. The summed E-state index contributed by atoms with van der Waals surface area (Å²) in [7, 11) is 1.40. The minimum atomic E-state index is -0.197. The number of ketones is 1. The number of carbonyl (C=O) groups is 3. The maximum atomic E-state index is 12.4. The molecule has 0 atom stereocenters. The highest BCUT2D eigenvalue weighted by Gasteiger charge is 2.17. The molecule has 1 N–H and O–H groups in total. The van der Waals surface area contributed by atoms with Gasteiger partial charge in [-0.25, -0.2) is 19.9 Å². The van der Waals surface area contributed by atoms with E-state index in [9.17, 15) is 14.4 Å². The molecule has 2 heterocycles. The van der Waals surface area contributed by atoms with E-state index in [1.807, 2.05) is 159 Å². The zero-order valence-electron chi connectivity index (χ0n) is 34.4. The van der Waals surface area contributed by atoms with Crippen LogP contribution in [0, 0.1) is 0 Å². The second-order valence-electron chi connectivity index (χ2n) is 12.1. The van der Waals surface area contributed by atoms with Gasteiger partial charge in [0.15, 0.2) is 5.78 Å². The second kappa shape index (κ2) is 26.2. The van der Waals surface area contributed by atoms with E-state index in [2.05, 4.69) is 30.0 Å². The van der Waals surface area contributed by atoms with Gasteiger partial charge in [-0.2, -0.15) is 0 Å². The van der Waals surface area contributed by atoms with Crippen molar-refractivity contribution in [3.05, 3.63) is 157 Å². The molecule has 302 valence electrons. The Hall–Kier alpha value is -6.75. The van der Waals surface area contributed by atoms with Crippen molar-refractivity contribution in [1.82, 2.24) is 25.3 Å². The topological polar surface area (TPSA) is 131 Å². The van der Waals surface area contributed by atoms with Crippen molar-refractivity contribution in [2.24, 2.45) is 0 Å². The molecule has 58 heavy (non-hydrogen) atoms. The largest absolute Gasteiger partial charge is 0.469 e. The summed E-state index contributed by atoms with van der Waals surface area (Å²) in [5, 5.41) is 2.90.